The summed E-state index contributed by atoms with van der Waals surface area (Å²) in [5, 5.41) is 12.2. The number of methoxy groups -OCH3 is 1. The minimum atomic E-state index is 0.271. The van der Waals surface area contributed by atoms with Gasteiger partial charge in [0.05, 0.1) is 7.11 Å². The zero-order chi connectivity index (χ0) is 17.9. The Labute approximate surface area is 158 Å². The van der Waals surface area contributed by atoms with Crippen LogP contribution in [-0.2, 0) is 13.2 Å². The van der Waals surface area contributed by atoms with E-state index in [0.717, 1.165) is 59.5 Å². The molecule has 0 bridgehead atoms. The smallest absolute Gasteiger partial charge is 0.162 e. The molecule has 136 valence electrons. The summed E-state index contributed by atoms with van der Waals surface area (Å²) in [6.07, 6.45) is 2.97. The molecule has 0 saturated heterocycles. The summed E-state index contributed by atoms with van der Waals surface area (Å²) in [6, 6.07) is 14.0. The zero-order valence-electron chi connectivity index (χ0n) is 14.6. The maximum absolute atomic E-state index is 8.78. The van der Waals surface area contributed by atoms with Gasteiger partial charge in [-0.05, 0) is 49.1 Å². The van der Waals surface area contributed by atoms with Crippen molar-refractivity contribution >= 4 is 15.9 Å². The number of halogens is 1. The predicted molar refractivity (Wildman–Crippen MR) is 104 cm³/mol. The molecule has 25 heavy (non-hydrogen) atoms. The van der Waals surface area contributed by atoms with Crippen molar-refractivity contribution in [3.8, 4) is 11.5 Å². The molecule has 0 fully saturated rings. The first-order chi connectivity index (χ1) is 12.2. The molecule has 2 N–H and O–H groups in total. The van der Waals surface area contributed by atoms with Gasteiger partial charge in [-0.3, -0.25) is 0 Å². The molecule has 0 amide bonds. The Morgan fingerprint density at radius 1 is 1.04 bits per heavy atom. The minimum absolute atomic E-state index is 0.271. The van der Waals surface area contributed by atoms with E-state index in [4.69, 9.17) is 14.6 Å². The van der Waals surface area contributed by atoms with Crippen LogP contribution in [0.15, 0.2) is 46.9 Å². The summed E-state index contributed by atoms with van der Waals surface area (Å²) in [7, 11) is 1.66. The van der Waals surface area contributed by atoms with Gasteiger partial charge in [0, 0.05) is 17.6 Å². The lowest BCUT2D eigenvalue weighted by Gasteiger charge is -2.14. The second-order valence-corrected chi connectivity index (χ2v) is 6.68. The molecule has 4 nitrogen and oxygen atoms in total. The van der Waals surface area contributed by atoms with E-state index < -0.39 is 0 Å². The normalized spacial score (nSPS) is 10.7. The number of aliphatic hydroxyl groups is 1. The van der Waals surface area contributed by atoms with Crippen LogP contribution in [0, 0.1) is 0 Å². The fourth-order valence-corrected chi connectivity index (χ4v) is 2.94. The molecular weight excluding hydrogens is 382 g/mol. The van der Waals surface area contributed by atoms with E-state index in [-0.39, 0.29) is 6.61 Å². The average molecular weight is 408 g/mol. The Hall–Kier alpha value is -1.56. The third kappa shape index (κ3) is 6.69. The molecule has 0 saturated carbocycles. The van der Waals surface area contributed by atoms with Crippen molar-refractivity contribution in [2.45, 2.75) is 32.4 Å². The highest BCUT2D eigenvalue weighted by molar-refractivity contribution is 9.10. The van der Waals surface area contributed by atoms with E-state index in [0.29, 0.717) is 6.61 Å². The molecular formula is C20H26BrNO3. The number of ether oxygens (including phenoxy) is 2. The second-order valence-electron chi connectivity index (χ2n) is 5.83. The van der Waals surface area contributed by atoms with Crippen molar-refractivity contribution in [2.75, 3.05) is 20.3 Å². The molecule has 0 atom stereocenters. The number of hydrogen-bond donors (Lipinski definition) is 2. The fourth-order valence-electron chi connectivity index (χ4n) is 2.48. The van der Waals surface area contributed by atoms with Crippen molar-refractivity contribution in [3.63, 3.8) is 0 Å². The molecule has 5 heteroatoms. The van der Waals surface area contributed by atoms with E-state index >= 15 is 0 Å². The van der Waals surface area contributed by atoms with Crippen molar-refractivity contribution in [3.05, 3.63) is 58.1 Å². The summed E-state index contributed by atoms with van der Waals surface area (Å²) in [5.74, 6) is 1.46. The summed E-state index contributed by atoms with van der Waals surface area (Å²) < 4.78 is 12.4. The first-order valence-corrected chi connectivity index (χ1v) is 9.38. The summed E-state index contributed by atoms with van der Waals surface area (Å²) >= 11 is 3.62. The van der Waals surface area contributed by atoms with Gasteiger partial charge in [-0.1, -0.05) is 46.3 Å². The maximum Gasteiger partial charge on any atom is 0.162 e. The van der Waals surface area contributed by atoms with Gasteiger partial charge in [0.25, 0.3) is 0 Å². The van der Waals surface area contributed by atoms with Crippen LogP contribution >= 0.6 is 15.9 Å². The quantitative estimate of drug-likeness (QED) is 0.545. The number of unbranched alkanes of at least 4 members (excludes halogenated alkanes) is 2. The highest BCUT2D eigenvalue weighted by Gasteiger charge is 2.10. The standard InChI is InChI=1S/C20H26BrNO3/c1-24-19-12-17(14-22-10-6-3-7-11-23)18(21)13-20(19)25-15-16-8-4-2-5-9-16/h2,4-5,8-9,12-13,22-23H,3,6-7,10-11,14-15H2,1H3. The van der Waals surface area contributed by atoms with Crippen LogP contribution in [0.4, 0.5) is 0 Å². The van der Waals surface area contributed by atoms with Gasteiger partial charge in [0.15, 0.2) is 11.5 Å². The van der Waals surface area contributed by atoms with E-state index in [1.54, 1.807) is 7.11 Å². The number of benzene rings is 2. The van der Waals surface area contributed by atoms with Crippen LogP contribution in [0.25, 0.3) is 0 Å². The fraction of sp³-hybridized carbons (Fsp3) is 0.400. The number of hydrogen-bond acceptors (Lipinski definition) is 4. The predicted octanol–water partition coefficient (Wildman–Crippen LogP) is 4.29. The van der Waals surface area contributed by atoms with Crippen molar-refractivity contribution < 1.29 is 14.6 Å². The van der Waals surface area contributed by atoms with Crippen LogP contribution in [-0.4, -0.2) is 25.4 Å². The SMILES string of the molecule is COc1cc(CNCCCCCO)c(Br)cc1OCc1ccccc1. The van der Waals surface area contributed by atoms with E-state index in [1.165, 1.54) is 0 Å². The Morgan fingerprint density at radius 3 is 2.56 bits per heavy atom. The van der Waals surface area contributed by atoms with Gasteiger partial charge < -0.3 is 19.9 Å². The van der Waals surface area contributed by atoms with Crippen LogP contribution < -0.4 is 14.8 Å². The summed E-state index contributed by atoms with van der Waals surface area (Å²) in [6.45, 7) is 2.47. The van der Waals surface area contributed by atoms with Gasteiger partial charge in [-0.25, -0.2) is 0 Å². The monoisotopic (exact) mass is 407 g/mol. The Kier molecular flexibility index (Phi) is 8.80. The Balaban J connectivity index is 1.92. The van der Waals surface area contributed by atoms with Gasteiger partial charge in [-0.2, -0.15) is 0 Å². The number of aliphatic hydroxyl groups excluding tert-OH is 1. The molecule has 0 aliphatic heterocycles. The number of rotatable bonds is 11. The van der Waals surface area contributed by atoms with Gasteiger partial charge in [0.2, 0.25) is 0 Å². The van der Waals surface area contributed by atoms with E-state index in [1.807, 2.05) is 42.5 Å². The van der Waals surface area contributed by atoms with Gasteiger partial charge >= 0.3 is 0 Å². The first-order valence-electron chi connectivity index (χ1n) is 8.59. The van der Waals surface area contributed by atoms with Crippen LogP contribution in [0.2, 0.25) is 0 Å². The molecule has 0 aliphatic carbocycles. The topological polar surface area (TPSA) is 50.7 Å². The first kappa shape index (κ1) is 19.8. The minimum Gasteiger partial charge on any atom is -0.493 e. The molecule has 0 aliphatic rings. The lowest BCUT2D eigenvalue weighted by molar-refractivity contribution is 0.282. The highest BCUT2D eigenvalue weighted by atomic mass is 79.9. The molecule has 0 unspecified atom stereocenters. The molecule has 2 rings (SSSR count). The van der Waals surface area contributed by atoms with Crippen molar-refractivity contribution in [2.24, 2.45) is 0 Å². The Bertz CT molecular complexity index is 634. The molecule has 2 aromatic rings. The highest BCUT2D eigenvalue weighted by Crippen LogP contribution is 2.34. The van der Waals surface area contributed by atoms with Crippen LogP contribution in [0.5, 0.6) is 11.5 Å². The van der Waals surface area contributed by atoms with Crippen LogP contribution in [0.1, 0.15) is 30.4 Å². The molecule has 2 aromatic carbocycles. The third-order valence-corrected chi connectivity index (χ3v) is 4.64. The lowest BCUT2D eigenvalue weighted by atomic mass is 10.2. The Morgan fingerprint density at radius 2 is 1.84 bits per heavy atom. The molecule has 0 heterocycles. The molecule has 0 aromatic heterocycles. The summed E-state index contributed by atoms with van der Waals surface area (Å²) in [4.78, 5) is 0. The van der Waals surface area contributed by atoms with Crippen LogP contribution in [0.3, 0.4) is 0 Å². The largest absolute Gasteiger partial charge is 0.493 e. The second kappa shape index (κ2) is 11.1. The van der Waals surface area contributed by atoms with Crippen molar-refractivity contribution in [1.82, 2.24) is 5.32 Å². The van der Waals surface area contributed by atoms with E-state index in [2.05, 4.69) is 21.2 Å². The lowest BCUT2D eigenvalue weighted by Crippen LogP contribution is -2.15. The third-order valence-electron chi connectivity index (χ3n) is 3.90. The average Bonchev–Trinajstić information content (AvgIpc) is 2.65. The molecule has 0 spiro atoms. The number of nitrogens with one attached hydrogen (secondary N) is 1. The molecule has 0 radical (unpaired) electrons. The maximum atomic E-state index is 8.78. The van der Waals surface area contributed by atoms with Crippen molar-refractivity contribution in [1.29, 1.82) is 0 Å². The zero-order valence-corrected chi connectivity index (χ0v) is 16.2. The van der Waals surface area contributed by atoms with E-state index in [9.17, 15) is 0 Å². The van der Waals surface area contributed by atoms with Gasteiger partial charge in [-0.15, -0.1) is 0 Å². The summed E-state index contributed by atoms with van der Waals surface area (Å²) in [5.41, 5.74) is 2.25. The van der Waals surface area contributed by atoms with Gasteiger partial charge in [0.1, 0.15) is 6.61 Å².